The fraction of sp³-hybridized carbons (Fsp3) is 0.278. The molecule has 27 heavy (non-hydrogen) atoms. The number of rotatable bonds is 6. The Morgan fingerprint density at radius 1 is 1.30 bits per heavy atom. The lowest BCUT2D eigenvalue weighted by molar-refractivity contribution is -0.113. The lowest BCUT2D eigenvalue weighted by atomic mass is 10.2. The number of nitrogens with zero attached hydrogens (tertiary/aromatic N) is 6. The van der Waals surface area contributed by atoms with Crippen molar-refractivity contribution in [1.82, 2.24) is 24.8 Å². The summed E-state index contributed by atoms with van der Waals surface area (Å²) in [6.07, 6.45) is 0. The summed E-state index contributed by atoms with van der Waals surface area (Å²) in [5.41, 5.74) is 3.11. The molecule has 0 aliphatic rings. The molecule has 0 spiro atoms. The molecule has 0 radical (unpaired) electrons. The highest BCUT2D eigenvalue weighted by atomic mass is 32.2. The number of amides is 1. The van der Waals surface area contributed by atoms with Gasteiger partial charge in [0.25, 0.3) is 0 Å². The van der Waals surface area contributed by atoms with Gasteiger partial charge >= 0.3 is 0 Å². The third kappa shape index (κ3) is 3.71. The summed E-state index contributed by atoms with van der Waals surface area (Å²) < 4.78 is 3.52. The van der Waals surface area contributed by atoms with Crippen molar-refractivity contribution in [3.8, 4) is 11.8 Å². The molecule has 9 heteroatoms. The Kier molecular flexibility index (Phi) is 5.57. The molecule has 2 heterocycles. The van der Waals surface area contributed by atoms with Crippen LogP contribution < -0.4 is 5.32 Å². The molecule has 2 aromatic heterocycles. The van der Waals surface area contributed by atoms with Gasteiger partial charge in [-0.05, 0) is 48.9 Å². The third-order valence-corrected chi connectivity index (χ3v) is 5.19. The summed E-state index contributed by atoms with van der Waals surface area (Å²) in [6, 6.07) is 11.8. The van der Waals surface area contributed by atoms with Crippen LogP contribution in [-0.2, 0) is 11.3 Å². The Labute approximate surface area is 161 Å². The van der Waals surface area contributed by atoms with Crippen molar-refractivity contribution >= 4 is 23.5 Å². The average molecular weight is 381 g/mol. The van der Waals surface area contributed by atoms with Crippen molar-refractivity contribution < 1.29 is 4.79 Å². The average Bonchev–Trinajstić information content (AvgIpc) is 3.23. The zero-order valence-electron chi connectivity index (χ0n) is 15.3. The van der Waals surface area contributed by atoms with Gasteiger partial charge in [0, 0.05) is 17.9 Å². The number of hydrogen-bond donors (Lipinski definition) is 1. The van der Waals surface area contributed by atoms with Crippen LogP contribution in [-0.4, -0.2) is 36.4 Å². The lowest BCUT2D eigenvalue weighted by Gasteiger charge is -2.13. The normalized spacial score (nSPS) is 10.6. The summed E-state index contributed by atoms with van der Waals surface area (Å²) in [5, 5.41) is 24.4. The fourth-order valence-corrected chi connectivity index (χ4v) is 3.50. The zero-order chi connectivity index (χ0) is 19.4. The number of thioether (sulfide) groups is 1. The number of nitriles is 1. The number of carbonyl (C=O) groups is 1. The first-order chi connectivity index (χ1) is 13.1. The van der Waals surface area contributed by atoms with E-state index >= 15 is 0 Å². The first-order valence-electron chi connectivity index (χ1n) is 8.43. The minimum atomic E-state index is -0.225. The van der Waals surface area contributed by atoms with Crippen molar-refractivity contribution in [3.63, 3.8) is 0 Å². The molecular formula is C18H19N7OS. The second-order valence-electron chi connectivity index (χ2n) is 5.83. The molecule has 0 bridgehead atoms. The molecule has 0 saturated carbocycles. The van der Waals surface area contributed by atoms with Crippen LogP contribution in [0.25, 0.3) is 5.69 Å². The number of tetrazole rings is 1. The molecule has 0 unspecified atom stereocenters. The molecule has 1 amide bonds. The maximum absolute atomic E-state index is 12.5. The van der Waals surface area contributed by atoms with E-state index in [1.54, 1.807) is 4.68 Å². The summed E-state index contributed by atoms with van der Waals surface area (Å²) in [4.78, 5) is 12.5. The summed E-state index contributed by atoms with van der Waals surface area (Å²) in [6.45, 7) is 6.37. The van der Waals surface area contributed by atoms with Crippen molar-refractivity contribution in [3.05, 3.63) is 47.2 Å². The standard InChI is InChI=1S/C18H19N7OS/c1-4-24-18(21-22-23-24)27-11-16(26)20-17-15(10-19)12(2)13(3)25(17)14-8-6-5-7-9-14/h5-9H,4,11H2,1-3H3,(H,20,26). The summed E-state index contributed by atoms with van der Waals surface area (Å²) in [7, 11) is 0. The number of anilines is 1. The van der Waals surface area contributed by atoms with E-state index in [1.165, 1.54) is 11.8 Å². The topological polar surface area (TPSA) is 101 Å². The highest BCUT2D eigenvalue weighted by Gasteiger charge is 2.21. The van der Waals surface area contributed by atoms with Crippen molar-refractivity contribution in [2.45, 2.75) is 32.5 Å². The summed E-state index contributed by atoms with van der Waals surface area (Å²) in [5.74, 6) is 0.403. The van der Waals surface area contributed by atoms with E-state index in [0.717, 1.165) is 16.9 Å². The number of carbonyl (C=O) groups excluding carboxylic acids is 1. The van der Waals surface area contributed by atoms with E-state index < -0.39 is 0 Å². The monoisotopic (exact) mass is 381 g/mol. The van der Waals surface area contributed by atoms with Crippen LogP contribution >= 0.6 is 11.8 Å². The van der Waals surface area contributed by atoms with E-state index in [9.17, 15) is 10.1 Å². The predicted octanol–water partition coefficient (Wildman–Crippen LogP) is 2.70. The molecule has 1 aromatic carbocycles. The largest absolute Gasteiger partial charge is 0.310 e. The summed E-state index contributed by atoms with van der Waals surface area (Å²) >= 11 is 1.25. The van der Waals surface area contributed by atoms with Gasteiger partial charge in [-0.15, -0.1) is 5.10 Å². The van der Waals surface area contributed by atoms with Crippen molar-refractivity contribution in [1.29, 1.82) is 5.26 Å². The fourth-order valence-electron chi connectivity index (χ4n) is 2.76. The van der Waals surface area contributed by atoms with Gasteiger partial charge in [0.05, 0.1) is 11.3 Å². The first kappa shape index (κ1) is 18.7. The van der Waals surface area contributed by atoms with E-state index in [-0.39, 0.29) is 11.7 Å². The van der Waals surface area contributed by atoms with Gasteiger partial charge in [0.15, 0.2) is 0 Å². The maximum atomic E-state index is 12.5. The molecule has 0 saturated heterocycles. The van der Waals surface area contributed by atoms with E-state index in [4.69, 9.17) is 0 Å². The quantitative estimate of drug-likeness (QED) is 0.659. The number of hydrogen-bond acceptors (Lipinski definition) is 6. The van der Waals surface area contributed by atoms with E-state index in [2.05, 4.69) is 26.9 Å². The van der Waals surface area contributed by atoms with Crippen LogP contribution in [0.3, 0.4) is 0 Å². The molecule has 8 nitrogen and oxygen atoms in total. The molecule has 0 aliphatic heterocycles. The van der Waals surface area contributed by atoms with Gasteiger partial charge in [0.2, 0.25) is 11.1 Å². The Balaban J connectivity index is 1.87. The van der Waals surface area contributed by atoms with Crippen LogP contribution in [0.2, 0.25) is 0 Å². The number of para-hydroxylation sites is 1. The molecule has 0 aliphatic carbocycles. The predicted molar refractivity (Wildman–Crippen MR) is 103 cm³/mol. The van der Waals surface area contributed by atoms with Crippen LogP contribution in [0.5, 0.6) is 0 Å². The maximum Gasteiger partial charge on any atom is 0.236 e. The Morgan fingerprint density at radius 3 is 2.70 bits per heavy atom. The van der Waals surface area contributed by atoms with Crippen LogP contribution in [0.1, 0.15) is 23.7 Å². The van der Waals surface area contributed by atoms with Crippen LogP contribution in [0.4, 0.5) is 5.82 Å². The molecular weight excluding hydrogens is 362 g/mol. The van der Waals surface area contributed by atoms with Crippen LogP contribution in [0, 0.1) is 25.2 Å². The van der Waals surface area contributed by atoms with Gasteiger partial charge in [-0.3, -0.25) is 9.36 Å². The molecule has 1 N–H and O–H groups in total. The Bertz CT molecular complexity index is 1000. The van der Waals surface area contributed by atoms with Crippen molar-refractivity contribution in [2.24, 2.45) is 0 Å². The number of benzene rings is 1. The highest BCUT2D eigenvalue weighted by molar-refractivity contribution is 7.99. The highest BCUT2D eigenvalue weighted by Crippen LogP contribution is 2.30. The minimum Gasteiger partial charge on any atom is -0.310 e. The lowest BCUT2D eigenvalue weighted by Crippen LogP contribution is -2.18. The minimum absolute atomic E-state index is 0.142. The van der Waals surface area contributed by atoms with Gasteiger partial charge in [-0.1, -0.05) is 30.0 Å². The van der Waals surface area contributed by atoms with Gasteiger partial charge in [-0.25, -0.2) is 4.68 Å². The second kappa shape index (κ2) is 8.05. The second-order valence-corrected chi connectivity index (χ2v) is 6.77. The molecule has 3 aromatic rings. The van der Waals surface area contributed by atoms with Crippen molar-refractivity contribution in [2.75, 3.05) is 11.1 Å². The number of aryl methyl sites for hydroxylation is 1. The van der Waals surface area contributed by atoms with Gasteiger partial charge < -0.3 is 5.32 Å². The van der Waals surface area contributed by atoms with Gasteiger partial charge in [-0.2, -0.15) is 5.26 Å². The first-order valence-corrected chi connectivity index (χ1v) is 9.41. The SMILES string of the molecule is CCn1nnnc1SCC(=O)Nc1c(C#N)c(C)c(C)n1-c1ccccc1. The van der Waals surface area contributed by atoms with Gasteiger partial charge in [0.1, 0.15) is 11.9 Å². The molecule has 3 rings (SSSR count). The van der Waals surface area contributed by atoms with Crippen LogP contribution in [0.15, 0.2) is 35.5 Å². The number of aromatic nitrogens is 5. The smallest absolute Gasteiger partial charge is 0.236 e. The zero-order valence-corrected chi connectivity index (χ0v) is 16.1. The Hall–Kier alpha value is -3.12. The molecule has 0 fully saturated rings. The molecule has 0 atom stereocenters. The molecule has 138 valence electrons. The van der Waals surface area contributed by atoms with E-state index in [0.29, 0.717) is 23.1 Å². The third-order valence-electron chi connectivity index (χ3n) is 4.23. The Morgan fingerprint density at radius 2 is 2.04 bits per heavy atom. The van der Waals surface area contributed by atoms with E-state index in [1.807, 2.05) is 55.7 Å². The number of nitrogens with one attached hydrogen (secondary N) is 1.